The van der Waals surface area contributed by atoms with Crippen molar-refractivity contribution >= 4 is 0 Å². The zero-order chi connectivity index (χ0) is 10.6. The van der Waals surface area contributed by atoms with E-state index in [1.165, 1.54) is 24.8 Å². The number of fused-ring (bicyclic) bond motifs is 5. The van der Waals surface area contributed by atoms with Gasteiger partial charge < -0.3 is 0 Å². The van der Waals surface area contributed by atoms with Gasteiger partial charge in [0.05, 0.1) is 0 Å². The van der Waals surface area contributed by atoms with Crippen molar-refractivity contribution in [2.24, 2.45) is 0 Å². The van der Waals surface area contributed by atoms with Gasteiger partial charge in [0, 0.05) is 0 Å². The van der Waals surface area contributed by atoms with Gasteiger partial charge in [0.2, 0.25) is 0 Å². The highest BCUT2D eigenvalue weighted by molar-refractivity contribution is 5.44. The van der Waals surface area contributed by atoms with Gasteiger partial charge >= 0.3 is 0 Å². The van der Waals surface area contributed by atoms with Crippen LogP contribution in [0, 0.1) is 0 Å². The van der Waals surface area contributed by atoms with Crippen LogP contribution in [0.2, 0.25) is 0 Å². The van der Waals surface area contributed by atoms with E-state index in [1.807, 2.05) is 0 Å². The van der Waals surface area contributed by atoms with Crippen molar-refractivity contribution in [3.8, 4) is 0 Å². The summed E-state index contributed by atoms with van der Waals surface area (Å²) in [5.74, 6) is 1.80. The molecule has 2 atom stereocenters. The largest absolute Gasteiger partial charge is 0.0582 e. The summed E-state index contributed by atoms with van der Waals surface area (Å²) in [6.45, 7) is 6.92. The van der Waals surface area contributed by atoms with Crippen LogP contribution >= 0.6 is 0 Å². The molecule has 0 saturated heterocycles. The molecule has 2 unspecified atom stereocenters. The fourth-order valence-corrected chi connectivity index (χ4v) is 3.31. The first-order valence-electron chi connectivity index (χ1n) is 6.20. The van der Waals surface area contributed by atoms with Crippen molar-refractivity contribution in [2.75, 3.05) is 0 Å². The fraction of sp³-hybridized carbons (Fsp3) is 0.600. The van der Waals surface area contributed by atoms with E-state index >= 15 is 0 Å². The van der Waals surface area contributed by atoms with Crippen LogP contribution in [0.4, 0.5) is 0 Å². The van der Waals surface area contributed by atoms with Crippen molar-refractivity contribution in [1.82, 2.24) is 0 Å². The predicted octanol–water partition coefficient (Wildman–Crippen LogP) is 4.35. The van der Waals surface area contributed by atoms with Crippen LogP contribution in [0.25, 0.3) is 0 Å². The molecular weight excluding hydrogens is 180 g/mol. The second-order valence-electron chi connectivity index (χ2n) is 6.30. The summed E-state index contributed by atoms with van der Waals surface area (Å²) in [5.41, 5.74) is 5.16. The molecular formula is C15H20. The molecule has 3 rings (SSSR count). The van der Waals surface area contributed by atoms with E-state index in [0.717, 1.165) is 11.8 Å². The first kappa shape index (κ1) is 9.45. The number of hydrogen-bond acceptors (Lipinski definition) is 0. The first-order chi connectivity index (χ1) is 7.05. The Kier molecular flexibility index (Phi) is 1.81. The first-order valence-corrected chi connectivity index (χ1v) is 6.20. The molecule has 1 aromatic carbocycles. The highest BCUT2D eigenvalue weighted by atomic mass is 14.4. The smallest absolute Gasteiger partial charge is 0.0132 e. The Balaban J connectivity index is 2.08. The van der Waals surface area contributed by atoms with E-state index in [-0.39, 0.29) is 0 Å². The van der Waals surface area contributed by atoms with Crippen LogP contribution in [-0.2, 0) is 5.41 Å². The fourth-order valence-electron chi connectivity index (χ4n) is 3.31. The Bertz CT molecular complexity index is 395. The van der Waals surface area contributed by atoms with Gasteiger partial charge in [-0.3, -0.25) is 0 Å². The zero-order valence-electron chi connectivity index (χ0n) is 10.0. The molecule has 2 aliphatic carbocycles. The number of rotatable bonds is 0. The molecule has 0 aromatic heterocycles. The number of hydrogen-bond donors (Lipinski definition) is 0. The summed E-state index contributed by atoms with van der Waals surface area (Å²) >= 11 is 0. The number of benzene rings is 1. The van der Waals surface area contributed by atoms with E-state index in [0.29, 0.717) is 5.41 Å². The summed E-state index contributed by atoms with van der Waals surface area (Å²) in [4.78, 5) is 0. The Morgan fingerprint density at radius 2 is 1.67 bits per heavy atom. The minimum Gasteiger partial charge on any atom is -0.0582 e. The molecule has 0 heteroatoms. The van der Waals surface area contributed by atoms with Gasteiger partial charge in [0.1, 0.15) is 0 Å². The lowest BCUT2D eigenvalue weighted by molar-refractivity contribution is 0.587. The van der Waals surface area contributed by atoms with E-state index < -0.39 is 0 Å². The van der Waals surface area contributed by atoms with Crippen LogP contribution in [0.5, 0.6) is 0 Å². The second-order valence-corrected chi connectivity index (χ2v) is 6.30. The lowest BCUT2D eigenvalue weighted by atomic mass is 9.82. The molecule has 0 heterocycles. The van der Waals surface area contributed by atoms with Crippen LogP contribution < -0.4 is 0 Å². The zero-order valence-corrected chi connectivity index (χ0v) is 10.0. The maximum absolute atomic E-state index is 2.49. The lowest BCUT2D eigenvalue weighted by Gasteiger charge is -2.23. The predicted molar refractivity (Wildman–Crippen MR) is 64.5 cm³/mol. The van der Waals surface area contributed by atoms with Gasteiger partial charge in [-0.15, -0.1) is 0 Å². The maximum atomic E-state index is 2.49. The molecule has 2 bridgehead atoms. The van der Waals surface area contributed by atoms with Gasteiger partial charge in [-0.05, 0) is 53.2 Å². The van der Waals surface area contributed by atoms with Crippen LogP contribution in [-0.4, -0.2) is 0 Å². The second kappa shape index (κ2) is 2.87. The van der Waals surface area contributed by atoms with Gasteiger partial charge in [-0.25, -0.2) is 0 Å². The Morgan fingerprint density at radius 1 is 1.00 bits per heavy atom. The summed E-state index contributed by atoms with van der Waals surface area (Å²) in [7, 11) is 0. The molecule has 80 valence electrons. The van der Waals surface area contributed by atoms with Crippen LogP contribution in [0.1, 0.15) is 68.6 Å². The third-order valence-electron chi connectivity index (χ3n) is 4.27. The molecule has 0 N–H and O–H groups in total. The molecule has 0 aliphatic heterocycles. The minimum absolute atomic E-state index is 0.302. The molecule has 1 saturated carbocycles. The van der Waals surface area contributed by atoms with Crippen molar-refractivity contribution in [3.05, 3.63) is 34.9 Å². The monoisotopic (exact) mass is 200 g/mol. The van der Waals surface area contributed by atoms with Crippen LogP contribution in [0.3, 0.4) is 0 Å². The maximum Gasteiger partial charge on any atom is -0.0132 e. The summed E-state index contributed by atoms with van der Waals surface area (Å²) in [6.07, 6.45) is 4.31. The molecule has 1 fully saturated rings. The molecule has 0 radical (unpaired) electrons. The molecule has 0 spiro atoms. The van der Waals surface area contributed by atoms with Gasteiger partial charge in [0.25, 0.3) is 0 Å². The summed E-state index contributed by atoms with van der Waals surface area (Å²) < 4.78 is 0. The highest BCUT2D eigenvalue weighted by Gasteiger charge is 2.37. The summed E-state index contributed by atoms with van der Waals surface area (Å²) in [5, 5.41) is 0. The van der Waals surface area contributed by atoms with E-state index in [1.54, 1.807) is 11.1 Å². The van der Waals surface area contributed by atoms with Crippen molar-refractivity contribution in [1.29, 1.82) is 0 Å². The topological polar surface area (TPSA) is 0 Å². The average molecular weight is 200 g/mol. The summed E-state index contributed by atoms with van der Waals surface area (Å²) in [6, 6.07) is 7.23. The van der Waals surface area contributed by atoms with Gasteiger partial charge in [0.15, 0.2) is 0 Å². The minimum atomic E-state index is 0.302. The molecule has 15 heavy (non-hydrogen) atoms. The Hall–Kier alpha value is -0.780. The standard InChI is InChI=1S/C15H20/c1-15(2,3)12-6-7-13-10-4-5-11(8-10)14(13)9-12/h6-7,9-11H,4-5,8H2,1-3H3. The lowest BCUT2D eigenvalue weighted by Crippen LogP contribution is -2.12. The van der Waals surface area contributed by atoms with E-state index in [9.17, 15) is 0 Å². The third kappa shape index (κ3) is 1.34. The normalized spacial score (nSPS) is 28.2. The van der Waals surface area contributed by atoms with Crippen molar-refractivity contribution in [3.63, 3.8) is 0 Å². The molecule has 2 aliphatic rings. The van der Waals surface area contributed by atoms with Crippen molar-refractivity contribution < 1.29 is 0 Å². The third-order valence-corrected chi connectivity index (χ3v) is 4.27. The van der Waals surface area contributed by atoms with Gasteiger partial charge in [-0.1, -0.05) is 39.0 Å². The quantitative estimate of drug-likeness (QED) is 0.584. The Labute approximate surface area is 92.7 Å². The highest BCUT2D eigenvalue weighted by Crippen LogP contribution is 2.53. The van der Waals surface area contributed by atoms with Crippen molar-refractivity contribution in [2.45, 2.75) is 57.3 Å². The van der Waals surface area contributed by atoms with E-state index in [2.05, 4.69) is 39.0 Å². The average Bonchev–Trinajstić information content (AvgIpc) is 2.76. The Morgan fingerprint density at radius 3 is 2.33 bits per heavy atom. The SMILES string of the molecule is CC(C)(C)c1ccc2c(c1)C1CCC2C1. The molecule has 0 amide bonds. The molecule has 0 nitrogen and oxygen atoms in total. The van der Waals surface area contributed by atoms with Gasteiger partial charge in [-0.2, -0.15) is 0 Å². The van der Waals surface area contributed by atoms with E-state index in [4.69, 9.17) is 0 Å². The molecule has 1 aromatic rings. The van der Waals surface area contributed by atoms with Crippen LogP contribution in [0.15, 0.2) is 18.2 Å².